The van der Waals surface area contributed by atoms with Crippen molar-refractivity contribution >= 4 is 19.4 Å². The van der Waals surface area contributed by atoms with Gasteiger partial charge in [-0.3, -0.25) is 0 Å². The number of hydrogen-bond donors (Lipinski definition) is 2. The number of hydrazine groups is 1. The summed E-state index contributed by atoms with van der Waals surface area (Å²) in [4.78, 5) is 0. The topological polar surface area (TPSA) is 47.8 Å². The van der Waals surface area contributed by atoms with Crippen LogP contribution in [0.4, 0.5) is 11.4 Å². The summed E-state index contributed by atoms with van der Waals surface area (Å²) in [6, 6.07) is 17.4. The first kappa shape index (κ1) is 15.7. The average Bonchev–Trinajstić information content (AvgIpc) is 2.52. The molecule has 0 saturated carbocycles. The molecule has 2 aromatic rings. The summed E-state index contributed by atoms with van der Waals surface area (Å²) < 4.78 is 0. The van der Waals surface area contributed by atoms with Crippen molar-refractivity contribution in [2.75, 3.05) is 10.9 Å². The lowest BCUT2D eigenvalue weighted by Crippen LogP contribution is -2.16. The van der Waals surface area contributed by atoms with Crippen LogP contribution in [0.25, 0.3) is 0 Å². The van der Waals surface area contributed by atoms with Gasteiger partial charge in [0.2, 0.25) is 0 Å². The lowest BCUT2D eigenvalue weighted by Gasteiger charge is -2.09. The number of benzene rings is 2. The van der Waals surface area contributed by atoms with E-state index in [-0.39, 0.29) is 0 Å². The normalized spacial score (nSPS) is 10.1. The third-order valence-electron chi connectivity index (χ3n) is 2.83. The Labute approximate surface area is 133 Å². The van der Waals surface area contributed by atoms with E-state index in [0.717, 1.165) is 16.9 Å². The van der Waals surface area contributed by atoms with Gasteiger partial charge in [-0.15, -0.1) is 5.54 Å². The molecular weight excluding hydrogens is 286 g/mol. The van der Waals surface area contributed by atoms with Crippen LogP contribution >= 0.6 is 0 Å². The highest BCUT2D eigenvalue weighted by molar-refractivity contribution is 6.83. The van der Waals surface area contributed by atoms with Gasteiger partial charge in [0.25, 0.3) is 0 Å². The summed E-state index contributed by atoms with van der Waals surface area (Å²) in [5, 5.41) is 8.76. The molecule has 0 amide bonds. The van der Waals surface area contributed by atoms with Gasteiger partial charge >= 0.3 is 0 Å². The maximum Gasteiger partial charge on any atom is 0.129 e. The number of nitriles is 1. The van der Waals surface area contributed by atoms with Crippen molar-refractivity contribution in [1.82, 2.24) is 0 Å². The predicted octanol–water partition coefficient (Wildman–Crippen LogP) is 4.23. The van der Waals surface area contributed by atoms with Gasteiger partial charge in [0, 0.05) is 5.56 Å². The molecule has 0 atom stereocenters. The van der Waals surface area contributed by atoms with E-state index in [4.69, 9.17) is 5.26 Å². The largest absolute Gasteiger partial charge is 0.301 e. The first-order valence-electron chi connectivity index (χ1n) is 7.12. The van der Waals surface area contributed by atoms with E-state index in [2.05, 4.69) is 48.0 Å². The fourth-order valence-corrected chi connectivity index (χ4v) is 2.19. The van der Waals surface area contributed by atoms with Crippen LogP contribution in [0.1, 0.15) is 11.1 Å². The van der Waals surface area contributed by atoms with Crippen molar-refractivity contribution in [1.29, 1.82) is 5.26 Å². The highest BCUT2D eigenvalue weighted by Crippen LogP contribution is 2.12. The van der Waals surface area contributed by atoms with Crippen molar-refractivity contribution in [3.05, 3.63) is 59.7 Å². The Hall–Kier alpha value is -2.69. The molecule has 0 radical (unpaired) electrons. The Morgan fingerprint density at radius 3 is 1.64 bits per heavy atom. The van der Waals surface area contributed by atoms with Crippen LogP contribution in [0.5, 0.6) is 0 Å². The SMILES string of the molecule is C[Si](C)(C)C#Cc1ccc(NNc2ccc(C#N)cc2)cc1. The molecule has 0 aliphatic carbocycles. The van der Waals surface area contributed by atoms with Crippen molar-refractivity contribution < 1.29 is 0 Å². The van der Waals surface area contributed by atoms with E-state index >= 15 is 0 Å². The molecule has 0 fully saturated rings. The average molecular weight is 305 g/mol. The molecule has 0 saturated heterocycles. The second-order valence-corrected chi connectivity index (χ2v) is 10.8. The van der Waals surface area contributed by atoms with Gasteiger partial charge in [0.15, 0.2) is 0 Å². The molecular formula is C18H19N3Si. The minimum absolute atomic E-state index is 0.649. The quantitative estimate of drug-likeness (QED) is 0.507. The van der Waals surface area contributed by atoms with Gasteiger partial charge < -0.3 is 10.9 Å². The van der Waals surface area contributed by atoms with Crippen molar-refractivity contribution in [2.24, 2.45) is 0 Å². The van der Waals surface area contributed by atoms with Gasteiger partial charge in [-0.1, -0.05) is 25.6 Å². The third kappa shape index (κ3) is 5.01. The standard InChI is InChI=1S/C18H19N3Si/c1-22(2,3)13-12-15-4-8-17(9-5-15)20-21-18-10-6-16(14-19)7-11-18/h4-11,20-21H,1-3H3. The highest BCUT2D eigenvalue weighted by atomic mass is 28.3. The summed E-state index contributed by atoms with van der Waals surface area (Å²) in [5.74, 6) is 3.23. The van der Waals surface area contributed by atoms with Gasteiger partial charge in [-0.25, -0.2) is 0 Å². The Bertz CT molecular complexity index is 724. The first-order valence-corrected chi connectivity index (χ1v) is 10.6. The van der Waals surface area contributed by atoms with Gasteiger partial charge in [0.1, 0.15) is 8.07 Å². The van der Waals surface area contributed by atoms with Crippen LogP contribution in [0.2, 0.25) is 19.6 Å². The number of anilines is 2. The lowest BCUT2D eigenvalue weighted by molar-refractivity contribution is 1.40. The maximum absolute atomic E-state index is 8.76. The number of nitrogens with zero attached hydrogens (tertiary/aromatic N) is 1. The Morgan fingerprint density at radius 2 is 1.23 bits per heavy atom. The van der Waals surface area contributed by atoms with E-state index in [9.17, 15) is 0 Å². The molecule has 0 heterocycles. The third-order valence-corrected chi connectivity index (χ3v) is 3.71. The van der Waals surface area contributed by atoms with Crippen molar-refractivity contribution in [3.8, 4) is 17.5 Å². The van der Waals surface area contributed by atoms with E-state index in [1.54, 1.807) is 12.1 Å². The van der Waals surface area contributed by atoms with E-state index in [1.165, 1.54) is 0 Å². The highest BCUT2D eigenvalue weighted by Gasteiger charge is 2.07. The zero-order valence-electron chi connectivity index (χ0n) is 13.1. The minimum atomic E-state index is -1.33. The second kappa shape index (κ2) is 6.84. The molecule has 0 spiro atoms. The molecule has 4 heteroatoms. The zero-order chi connectivity index (χ0) is 16.0. The zero-order valence-corrected chi connectivity index (χ0v) is 14.1. The lowest BCUT2D eigenvalue weighted by atomic mass is 10.2. The van der Waals surface area contributed by atoms with Gasteiger partial charge in [0.05, 0.1) is 23.0 Å². The smallest absolute Gasteiger partial charge is 0.129 e. The van der Waals surface area contributed by atoms with E-state index < -0.39 is 8.07 Å². The molecule has 0 aliphatic rings. The molecule has 0 unspecified atom stereocenters. The molecule has 2 rings (SSSR count). The second-order valence-electron chi connectivity index (χ2n) is 6.02. The molecule has 0 aliphatic heterocycles. The van der Waals surface area contributed by atoms with Crippen molar-refractivity contribution in [2.45, 2.75) is 19.6 Å². The van der Waals surface area contributed by atoms with E-state index in [1.807, 2.05) is 36.4 Å². The fraction of sp³-hybridized carbons (Fsp3) is 0.167. The minimum Gasteiger partial charge on any atom is -0.301 e. The van der Waals surface area contributed by atoms with Crippen molar-refractivity contribution in [3.63, 3.8) is 0 Å². The van der Waals surface area contributed by atoms with Gasteiger partial charge in [-0.2, -0.15) is 5.26 Å². The molecule has 2 aromatic carbocycles. The molecule has 22 heavy (non-hydrogen) atoms. The number of rotatable bonds is 3. The van der Waals surface area contributed by atoms with Crippen LogP contribution in [-0.2, 0) is 0 Å². The van der Waals surface area contributed by atoms with Crippen LogP contribution in [-0.4, -0.2) is 8.07 Å². The molecule has 110 valence electrons. The maximum atomic E-state index is 8.76. The molecule has 3 nitrogen and oxygen atoms in total. The summed E-state index contributed by atoms with van der Waals surface area (Å²) in [6.45, 7) is 6.70. The fourth-order valence-electron chi connectivity index (χ4n) is 1.67. The number of nitrogens with one attached hydrogen (secondary N) is 2. The summed E-state index contributed by atoms with van der Waals surface area (Å²) in [5.41, 5.74) is 13.1. The summed E-state index contributed by atoms with van der Waals surface area (Å²) in [6.07, 6.45) is 0. The van der Waals surface area contributed by atoms with E-state index in [0.29, 0.717) is 5.56 Å². The predicted molar refractivity (Wildman–Crippen MR) is 95.1 cm³/mol. The van der Waals surface area contributed by atoms with Crippen LogP contribution < -0.4 is 10.9 Å². The Balaban J connectivity index is 1.96. The van der Waals surface area contributed by atoms with Crippen LogP contribution in [0, 0.1) is 22.8 Å². The summed E-state index contributed by atoms with van der Waals surface area (Å²) >= 11 is 0. The Kier molecular flexibility index (Phi) is 4.88. The monoisotopic (exact) mass is 305 g/mol. The molecule has 0 aromatic heterocycles. The first-order chi connectivity index (χ1) is 10.5. The van der Waals surface area contributed by atoms with Crippen LogP contribution in [0.3, 0.4) is 0 Å². The van der Waals surface area contributed by atoms with Gasteiger partial charge in [-0.05, 0) is 48.5 Å². The Morgan fingerprint density at radius 1 is 0.773 bits per heavy atom. The molecule has 2 N–H and O–H groups in total. The molecule has 0 bridgehead atoms. The summed E-state index contributed by atoms with van der Waals surface area (Å²) in [7, 11) is -1.33. The number of hydrogen-bond acceptors (Lipinski definition) is 3. The van der Waals surface area contributed by atoms with Crippen LogP contribution in [0.15, 0.2) is 48.5 Å².